The number of nitrogens with zero attached hydrogens (tertiary/aromatic N) is 5. The largest absolute Gasteiger partial charge is 0.364 e. The summed E-state index contributed by atoms with van der Waals surface area (Å²) >= 11 is 0. The number of pyridine rings is 3. The molecule has 1 aliphatic carbocycles. The second kappa shape index (κ2) is 8.06. The molecule has 8 heteroatoms. The van der Waals surface area contributed by atoms with E-state index in [0.29, 0.717) is 24.4 Å². The fourth-order valence-electron chi connectivity index (χ4n) is 5.47. The molecule has 1 saturated heterocycles. The predicted octanol–water partition coefficient (Wildman–Crippen LogP) is 3.29. The van der Waals surface area contributed by atoms with Crippen LogP contribution >= 0.6 is 0 Å². The van der Waals surface area contributed by atoms with Gasteiger partial charge >= 0.3 is 0 Å². The maximum Gasteiger partial charge on any atom is 0.251 e. The van der Waals surface area contributed by atoms with Crippen LogP contribution in [-0.2, 0) is 13.0 Å². The van der Waals surface area contributed by atoms with E-state index in [-0.39, 0.29) is 5.56 Å². The van der Waals surface area contributed by atoms with Crippen molar-refractivity contribution in [2.75, 3.05) is 18.0 Å². The van der Waals surface area contributed by atoms with Crippen LogP contribution in [0, 0.1) is 12.8 Å². The van der Waals surface area contributed by atoms with Crippen LogP contribution in [0.4, 0.5) is 5.69 Å². The van der Waals surface area contributed by atoms with Crippen molar-refractivity contribution in [3.63, 3.8) is 0 Å². The second-order valence-corrected chi connectivity index (χ2v) is 9.54. The van der Waals surface area contributed by atoms with Crippen molar-refractivity contribution in [2.24, 2.45) is 5.92 Å². The number of rotatable bonds is 5. The van der Waals surface area contributed by atoms with E-state index in [0.717, 1.165) is 59.0 Å². The highest BCUT2D eigenvalue weighted by atomic mass is 16.1. The Balaban J connectivity index is 1.17. The van der Waals surface area contributed by atoms with Crippen molar-refractivity contribution in [1.29, 1.82) is 0 Å². The van der Waals surface area contributed by atoms with Crippen LogP contribution < -0.4 is 10.5 Å². The molecule has 0 bridgehead atoms. The maximum atomic E-state index is 12.2. The molecule has 6 rings (SSSR count). The van der Waals surface area contributed by atoms with Crippen LogP contribution in [0.1, 0.15) is 30.8 Å². The normalized spacial score (nSPS) is 22.2. The van der Waals surface area contributed by atoms with Gasteiger partial charge in [-0.1, -0.05) is 13.8 Å². The third-order valence-electron chi connectivity index (χ3n) is 7.35. The van der Waals surface area contributed by atoms with E-state index in [9.17, 15) is 4.79 Å². The Morgan fingerprint density at radius 3 is 2.65 bits per heavy atom. The highest BCUT2D eigenvalue weighted by molar-refractivity contribution is 5.74. The molecule has 2 aliphatic rings. The predicted molar refractivity (Wildman–Crippen MR) is 133 cm³/mol. The zero-order chi connectivity index (χ0) is 23.4. The Labute approximate surface area is 198 Å². The summed E-state index contributed by atoms with van der Waals surface area (Å²) in [6, 6.07) is 9.24. The Hall–Kier alpha value is -3.52. The number of aryl methyl sites for hydroxylation is 2. The van der Waals surface area contributed by atoms with Crippen molar-refractivity contribution < 1.29 is 0 Å². The van der Waals surface area contributed by atoms with Crippen molar-refractivity contribution in [3.8, 4) is 11.4 Å². The number of hydrogen-bond donors (Lipinski definition) is 2. The number of aromatic nitrogens is 5. The average Bonchev–Trinajstić information content (AvgIpc) is 3.32. The van der Waals surface area contributed by atoms with Gasteiger partial charge in [-0.2, -0.15) is 0 Å². The highest BCUT2D eigenvalue weighted by Crippen LogP contribution is 2.45. The summed E-state index contributed by atoms with van der Waals surface area (Å²) in [5.74, 6) is 1.49. The van der Waals surface area contributed by atoms with Crippen LogP contribution in [0.3, 0.4) is 0 Å². The number of fused-ring (bicyclic) bond motifs is 2. The van der Waals surface area contributed by atoms with Gasteiger partial charge < -0.3 is 14.9 Å². The maximum absolute atomic E-state index is 12.2. The summed E-state index contributed by atoms with van der Waals surface area (Å²) in [5, 5.41) is 0. The fraction of sp³-hybridized carbons (Fsp3) is 0.385. The molecule has 174 valence electrons. The van der Waals surface area contributed by atoms with E-state index in [1.807, 2.05) is 38.5 Å². The molecule has 0 unspecified atom stereocenters. The minimum atomic E-state index is -0.0132. The van der Waals surface area contributed by atoms with Gasteiger partial charge in [-0.3, -0.25) is 19.7 Å². The van der Waals surface area contributed by atoms with Gasteiger partial charge in [-0.25, -0.2) is 4.98 Å². The number of H-pyrrole nitrogens is 2. The number of hydrogen-bond acceptors (Lipinski definition) is 6. The SMILES string of the molecule is CCc1cc2ncc(CN3CCN(c4ccc(-c5cnc(C)[nH]5)nc4)[C@H]4[C@@H](C)[C@H]43)cc2[nH]c1=O. The lowest BCUT2D eigenvalue weighted by Crippen LogP contribution is -2.46. The van der Waals surface area contributed by atoms with Crippen LogP contribution in [0.5, 0.6) is 0 Å². The molecule has 5 heterocycles. The molecular weight excluding hydrogens is 426 g/mol. The van der Waals surface area contributed by atoms with Crippen molar-refractivity contribution in [1.82, 2.24) is 29.8 Å². The van der Waals surface area contributed by atoms with Crippen LogP contribution in [-0.4, -0.2) is 55.0 Å². The number of aromatic amines is 2. The van der Waals surface area contributed by atoms with Gasteiger partial charge in [0.2, 0.25) is 0 Å². The fourth-order valence-corrected chi connectivity index (χ4v) is 5.47. The molecule has 4 aromatic rings. The number of piperazine rings is 1. The molecule has 0 amide bonds. The summed E-state index contributed by atoms with van der Waals surface area (Å²) in [5.41, 5.74) is 6.61. The molecule has 3 atom stereocenters. The van der Waals surface area contributed by atoms with Gasteiger partial charge in [-0.05, 0) is 49.1 Å². The summed E-state index contributed by atoms with van der Waals surface area (Å²) in [4.78, 5) is 37.1. The van der Waals surface area contributed by atoms with Crippen LogP contribution in [0.15, 0.2) is 47.7 Å². The van der Waals surface area contributed by atoms with Gasteiger partial charge in [0.25, 0.3) is 5.56 Å². The Morgan fingerprint density at radius 1 is 1.03 bits per heavy atom. The van der Waals surface area contributed by atoms with E-state index < -0.39 is 0 Å². The van der Waals surface area contributed by atoms with E-state index >= 15 is 0 Å². The summed E-state index contributed by atoms with van der Waals surface area (Å²) in [6.45, 7) is 9.06. The monoisotopic (exact) mass is 455 g/mol. The third-order valence-corrected chi connectivity index (χ3v) is 7.35. The topological polar surface area (TPSA) is 93.8 Å². The van der Waals surface area contributed by atoms with Gasteiger partial charge in [-0.15, -0.1) is 0 Å². The van der Waals surface area contributed by atoms with Crippen molar-refractivity contribution >= 4 is 16.7 Å². The molecule has 4 aromatic heterocycles. The Morgan fingerprint density at radius 2 is 1.91 bits per heavy atom. The number of nitrogens with one attached hydrogen (secondary N) is 2. The van der Waals surface area contributed by atoms with E-state index in [1.54, 1.807) is 0 Å². The standard InChI is InChI=1S/C26H29N7O/c1-4-18-10-21-22(31-26(18)34)9-17(11-28-21)14-32-7-8-33(25-15(2)24(25)32)19-5-6-20(29-12-19)23-13-27-16(3)30-23/h5-6,9-13,15,24-25H,4,7-8,14H2,1-3H3,(H,27,30)(H,31,34)/t15-,24+,25-/m0/s1. The highest BCUT2D eigenvalue weighted by Gasteiger charge is 2.56. The first-order valence-corrected chi connectivity index (χ1v) is 12.0. The van der Waals surface area contributed by atoms with Gasteiger partial charge in [0.1, 0.15) is 5.82 Å². The lowest BCUT2D eigenvalue weighted by atomic mass is 10.1. The Kier molecular flexibility index (Phi) is 4.99. The molecule has 2 N–H and O–H groups in total. The second-order valence-electron chi connectivity index (χ2n) is 9.54. The summed E-state index contributed by atoms with van der Waals surface area (Å²) in [6.07, 6.45) is 6.47. The molecule has 0 aromatic carbocycles. The van der Waals surface area contributed by atoms with E-state index in [2.05, 4.69) is 59.8 Å². The smallest absolute Gasteiger partial charge is 0.251 e. The van der Waals surface area contributed by atoms with E-state index in [1.165, 1.54) is 5.69 Å². The average molecular weight is 456 g/mol. The quantitative estimate of drug-likeness (QED) is 0.480. The summed E-state index contributed by atoms with van der Waals surface area (Å²) < 4.78 is 0. The lowest BCUT2D eigenvalue weighted by molar-refractivity contribution is 0.228. The first-order chi connectivity index (χ1) is 16.5. The summed E-state index contributed by atoms with van der Waals surface area (Å²) in [7, 11) is 0. The van der Waals surface area contributed by atoms with E-state index in [4.69, 9.17) is 0 Å². The van der Waals surface area contributed by atoms with Crippen LogP contribution in [0.25, 0.3) is 22.4 Å². The number of imidazole rings is 1. The molecule has 34 heavy (non-hydrogen) atoms. The minimum absolute atomic E-state index is 0.0132. The zero-order valence-electron chi connectivity index (χ0n) is 19.7. The lowest BCUT2D eigenvalue weighted by Gasteiger charge is -2.35. The third kappa shape index (κ3) is 3.58. The van der Waals surface area contributed by atoms with Crippen molar-refractivity contribution in [3.05, 3.63) is 70.2 Å². The minimum Gasteiger partial charge on any atom is -0.364 e. The van der Waals surface area contributed by atoms with Gasteiger partial charge in [0, 0.05) is 43.5 Å². The first kappa shape index (κ1) is 21.0. The van der Waals surface area contributed by atoms with Gasteiger partial charge in [0.05, 0.1) is 40.5 Å². The van der Waals surface area contributed by atoms with Crippen molar-refractivity contribution in [2.45, 2.75) is 45.8 Å². The molecule has 0 spiro atoms. The zero-order valence-corrected chi connectivity index (χ0v) is 19.7. The Bertz CT molecular complexity index is 1410. The van der Waals surface area contributed by atoms with Crippen LogP contribution in [0.2, 0.25) is 0 Å². The number of anilines is 1. The molecule has 2 fully saturated rings. The molecule has 1 aliphatic heterocycles. The van der Waals surface area contributed by atoms with Gasteiger partial charge in [0.15, 0.2) is 0 Å². The molecule has 0 radical (unpaired) electrons. The molecule has 1 saturated carbocycles. The first-order valence-electron chi connectivity index (χ1n) is 12.0. The molecular formula is C26H29N7O. The molecule has 8 nitrogen and oxygen atoms in total.